The SMILES string of the molecule is CC(=O)Nc1cccc(OCc2cc(C(=O)O)no2)c1. The molecular weight excluding hydrogens is 264 g/mol. The Morgan fingerprint density at radius 3 is 2.85 bits per heavy atom. The number of aromatic carboxylic acids is 1. The van der Waals surface area contributed by atoms with Crippen LogP contribution in [0.3, 0.4) is 0 Å². The van der Waals surface area contributed by atoms with Crippen LogP contribution in [0.1, 0.15) is 23.2 Å². The number of aromatic nitrogens is 1. The average molecular weight is 276 g/mol. The molecule has 0 fully saturated rings. The number of benzene rings is 1. The van der Waals surface area contributed by atoms with Gasteiger partial charge in [0.1, 0.15) is 12.4 Å². The van der Waals surface area contributed by atoms with E-state index in [4.69, 9.17) is 14.4 Å². The number of carbonyl (C=O) groups is 2. The van der Waals surface area contributed by atoms with E-state index in [-0.39, 0.29) is 18.2 Å². The Morgan fingerprint density at radius 1 is 1.40 bits per heavy atom. The van der Waals surface area contributed by atoms with Gasteiger partial charge in [0.25, 0.3) is 0 Å². The molecule has 0 unspecified atom stereocenters. The smallest absolute Gasteiger partial charge is 0.358 e. The standard InChI is InChI=1S/C13H12N2O5/c1-8(16)14-9-3-2-4-10(5-9)19-7-11-6-12(13(17)18)15-20-11/h2-6H,7H2,1H3,(H,14,16)(H,17,18). The lowest BCUT2D eigenvalue weighted by atomic mass is 10.3. The van der Waals surface area contributed by atoms with Gasteiger partial charge < -0.3 is 19.7 Å². The van der Waals surface area contributed by atoms with E-state index in [0.29, 0.717) is 17.2 Å². The van der Waals surface area contributed by atoms with Gasteiger partial charge in [-0.25, -0.2) is 4.79 Å². The monoisotopic (exact) mass is 276 g/mol. The topological polar surface area (TPSA) is 102 Å². The third-order valence-electron chi connectivity index (χ3n) is 2.31. The van der Waals surface area contributed by atoms with Crippen molar-refractivity contribution in [1.29, 1.82) is 0 Å². The molecule has 0 aliphatic rings. The van der Waals surface area contributed by atoms with Crippen LogP contribution >= 0.6 is 0 Å². The molecule has 0 aliphatic carbocycles. The number of hydrogen-bond acceptors (Lipinski definition) is 5. The van der Waals surface area contributed by atoms with Gasteiger partial charge in [-0.3, -0.25) is 4.79 Å². The summed E-state index contributed by atoms with van der Waals surface area (Å²) in [6, 6.07) is 8.10. The number of ether oxygens (including phenoxy) is 1. The fraction of sp³-hybridized carbons (Fsp3) is 0.154. The zero-order valence-corrected chi connectivity index (χ0v) is 10.6. The summed E-state index contributed by atoms with van der Waals surface area (Å²) < 4.78 is 10.2. The Balaban J connectivity index is 1.99. The lowest BCUT2D eigenvalue weighted by molar-refractivity contribution is -0.114. The number of rotatable bonds is 5. The van der Waals surface area contributed by atoms with Crippen molar-refractivity contribution >= 4 is 17.6 Å². The van der Waals surface area contributed by atoms with Gasteiger partial charge in [0.2, 0.25) is 5.91 Å². The minimum Gasteiger partial charge on any atom is -0.485 e. The Morgan fingerprint density at radius 2 is 2.20 bits per heavy atom. The van der Waals surface area contributed by atoms with Gasteiger partial charge in [-0.2, -0.15) is 0 Å². The zero-order chi connectivity index (χ0) is 14.5. The molecular formula is C13H12N2O5. The minimum absolute atomic E-state index is 0.0454. The predicted molar refractivity (Wildman–Crippen MR) is 68.5 cm³/mol. The summed E-state index contributed by atoms with van der Waals surface area (Å²) in [5.41, 5.74) is 0.439. The summed E-state index contributed by atoms with van der Waals surface area (Å²) in [7, 11) is 0. The van der Waals surface area contributed by atoms with Crippen LogP contribution in [-0.2, 0) is 11.4 Å². The number of carboxylic acid groups (broad SMARTS) is 1. The third kappa shape index (κ3) is 3.58. The van der Waals surface area contributed by atoms with Crippen molar-refractivity contribution in [2.45, 2.75) is 13.5 Å². The molecule has 1 aromatic carbocycles. The fourth-order valence-corrected chi connectivity index (χ4v) is 1.50. The van der Waals surface area contributed by atoms with E-state index < -0.39 is 5.97 Å². The van der Waals surface area contributed by atoms with Gasteiger partial charge in [0.05, 0.1) is 0 Å². The number of nitrogens with zero attached hydrogens (tertiary/aromatic N) is 1. The van der Waals surface area contributed by atoms with Crippen LogP contribution in [0.5, 0.6) is 5.75 Å². The first-order chi connectivity index (χ1) is 9.54. The van der Waals surface area contributed by atoms with Crippen molar-refractivity contribution < 1.29 is 24.0 Å². The first kappa shape index (κ1) is 13.6. The molecule has 20 heavy (non-hydrogen) atoms. The van der Waals surface area contributed by atoms with Crippen LogP contribution in [0, 0.1) is 0 Å². The second-order valence-electron chi connectivity index (χ2n) is 3.98. The summed E-state index contributed by atoms with van der Waals surface area (Å²) in [5.74, 6) is -0.520. The number of amides is 1. The molecule has 0 atom stereocenters. The Kier molecular flexibility index (Phi) is 3.99. The number of hydrogen-bond donors (Lipinski definition) is 2. The van der Waals surface area contributed by atoms with Gasteiger partial charge in [0, 0.05) is 24.7 Å². The summed E-state index contributed by atoms with van der Waals surface area (Å²) in [5, 5.41) is 14.7. The van der Waals surface area contributed by atoms with Crippen LogP contribution in [0.15, 0.2) is 34.9 Å². The number of carboxylic acids is 1. The first-order valence-electron chi connectivity index (χ1n) is 5.74. The predicted octanol–water partition coefficient (Wildman–Crippen LogP) is 1.91. The van der Waals surface area contributed by atoms with E-state index in [1.165, 1.54) is 13.0 Å². The summed E-state index contributed by atoms with van der Waals surface area (Å²) >= 11 is 0. The maximum absolute atomic E-state index is 10.9. The van der Waals surface area contributed by atoms with Crippen LogP contribution in [0.4, 0.5) is 5.69 Å². The molecule has 2 aromatic rings. The van der Waals surface area contributed by atoms with E-state index in [9.17, 15) is 9.59 Å². The molecule has 0 saturated carbocycles. The molecule has 0 bridgehead atoms. The van der Waals surface area contributed by atoms with Crippen LogP contribution in [0.25, 0.3) is 0 Å². The molecule has 1 heterocycles. The molecule has 0 saturated heterocycles. The van der Waals surface area contributed by atoms with Gasteiger partial charge in [-0.05, 0) is 12.1 Å². The molecule has 1 amide bonds. The maximum atomic E-state index is 10.9. The Hall–Kier alpha value is -2.83. The van der Waals surface area contributed by atoms with E-state index in [0.717, 1.165) is 0 Å². The molecule has 104 valence electrons. The van der Waals surface area contributed by atoms with Crippen molar-refractivity contribution in [3.63, 3.8) is 0 Å². The van der Waals surface area contributed by atoms with E-state index in [1.54, 1.807) is 24.3 Å². The van der Waals surface area contributed by atoms with Crippen LogP contribution < -0.4 is 10.1 Å². The third-order valence-corrected chi connectivity index (χ3v) is 2.31. The Labute approximate surface area is 114 Å². The lowest BCUT2D eigenvalue weighted by Gasteiger charge is -2.06. The maximum Gasteiger partial charge on any atom is 0.358 e. The summed E-state index contributed by atoms with van der Waals surface area (Å²) in [6.07, 6.45) is 0. The van der Waals surface area contributed by atoms with E-state index >= 15 is 0 Å². The highest BCUT2D eigenvalue weighted by Gasteiger charge is 2.11. The summed E-state index contributed by atoms with van der Waals surface area (Å²) in [4.78, 5) is 21.6. The van der Waals surface area contributed by atoms with Crippen molar-refractivity contribution in [3.8, 4) is 5.75 Å². The molecule has 0 aliphatic heterocycles. The summed E-state index contributed by atoms with van der Waals surface area (Å²) in [6.45, 7) is 1.46. The first-order valence-corrected chi connectivity index (χ1v) is 5.74. The van der Waals surface area contributed by atoms with E-state index in [2.05, 4.69) is 10.5 Å². The molecule has 7 nitrogen and oxygen atoms in total. The second kappa shape index (κ2) is 5.87. The molecule has 0 radical (unpaired) electrons. The fourth-order valence-electron chi connectivity index (χ4n) is 1.50. The highest BCUT2D eigenvalue weighted by molar-refractivity contribution is 5.88. The number of anilines is 1. The van der Waals surface area contributed by atoms with Gasteiger partial charge >= 0.3 is 5.97 Å². The van der Waals surface area contributed by atoms with Crippen molar-refractivity contribution in [3.05, 3.63) is 41.8 Å². The lowest BCUT2D eigenvalue weighted by Crippen LogP contribution is -2.05. The quantitative estimate of drug-likeness (QED) is 0.864. The molecule has 1 aromatic heterocycles. The molecule has 0 spiro atoms. The highest BCUT2D eigenvalue weighted by Crippen LogP contribution is 2.18. The zero-order valence-electron chi connectivity index (χ0n) is 10.6. The number of nitrogens with one attached hydrogen (secondary N) is 1. The second-order valence-corrected chi connectivity index (χ2v) is 3.98. The van der Waals surface area contributed by atoms with Gasteiger partial charge in [0.15, 0.2) is 11.5 Å². The van der Waals surface area contributed by atoms with Crippen molar-refractivity contribution in [2.75, 3.05) is 5.32 Å². The number of carbonyl (C=O) groups excluding carboxylic acids is 1. The minimum atomic E-state index is -1.16. The van der Waals surface area contributed by atoms with Crippen LogP contribution in [-0.4, -0.2) is 22.1 Å². The normalized spacial score (nSPS) is 10.1. The van der Waals surface area contributed by atoms with Crippen molar-refractivity contribution in [1.82, 2.24) is 5.16 Å². The van der Waals surface area contributed by atoms with Crippen molar-refractivity contribution in [2.24, 2.45) is 0 Å². The molecule has 2 N–H and O–H groups in total. The van der Waals surface area contributed by atoms with Gasteiger partial charge in [-0.15, -0.1) is 0 Å². The van der Waals surface area contributed by atoms with Crippen LogP contribution in [0.2, 0.25) is 0 Å². The van der Waals surface area contributed by atoms with E-state index in [1.807, 2.05) is 0 Å². The Bertz CT molecular complexity index is 635. The molecule has 2 rings (SSSR count). The van der Waals surface area contributed by atoms with Gasteiger partial charge in [-0.1, -0.05) is 11.2 Å². The molecule has 7 heteroatoms. The average Bonchev–Trinajstić information content (AvgIpc) is 2.85. The largest absolute Gasteiger partial charge is 0.485 e. The highest BCUT2D eigenvalue weighted by atomic mass is 16.5.